The fourth-order valence-corrected chi connectivity index (χ4v) is 13.3. The summed E-state index contributed by atoms with van der Waals surface area (Å²) < 4.78 is 7.03. The Bertz CT molecular complexity index is 4770. The molecule has 0 saturated heterocycles. The van der Waals surface area contributed by atoms with Crippen molar-refractivity contribution in [1.82, 2.24) is 0 Å². The third kappa shape index (κ3) is 9.66. The van der Waals surface area contributed by atoms with Crippen LogP contribution in [0.25, 0.3) is 110 Å². The highest BCUT2D eigenvalue weighted by molar-refractivity contribution is 6.14. The van der Waals surface area contributed by atoms with Crippen LogP contribution in [0.5, 0.6) is 0 Å². The molecule has 0 amide bonds. The maximum Gasteiger partial charge on any atom is 0.136 e. The average molecular weight is 1120 g/mol. The molecule has 15 aromatic rings. The van der Waals surface area contributed by atoms with Crippen LogP contribution in [0.3, 0.4) is 0 Å². The first kappa shape index (κ1) is 53.3. The maximum atomic E-state index is 7.03. The van der Waals surface area contributed by atoms with E-state index < -0.39 is 0 Å². The Balaban J connectivity index is 0.871. The van der Waals surface area contributed by atoms with Gasteiger partial charge in [0.25, 0.3) is 0 Å². The minimum atomic E-state index is -0.173. The molecule has 0 atom stereocenters. The Morgan fingerprint density at radius 1 is 0.241 bits per heavy atom. The Labute approximate surface area is 509 Å². The summed E-state index contributed by atoms with van der Waals surface area (Å²) in [4.78, 5) is 4.96. The second-order valence-corrected chi connectivity index (χ2v) is 25.3. The van der Waals surface area contributed by atoms with Gasteiger partial charge in [-0.3, -0.25) is 0 Å². The lowest BCUT2D eigenvalue weighted by atomic mass is 9.82. The molecule has 0 aliphatic heterocycles. The summed E-state index contributed by atoms with van der Waals surface area (Å²) in [6.45, 7) is 13.9. The quantitative estimate of drug-likeness (QED) is 0.136. The van der Waals surface area contributed by atoms with E-state index >= 15 is 0 Å². The molecule has 0 aliphatic carbocycles. The van der Waals surface area contributed by atoms with E-state index in [9.17, 15) is 0 Å². The normalized spacial score (nSPS) is 12.0. The third-order valence-electron chi connectivity index (χ3n) is 17.6. The summed E-state index contributed by atoms with van der Waals surface area (Å²) in [5.74, 6) is 0. The zero-order valence-electron chi connectivity index (χ0n) is 50.0. The molecule has 0 N–H and O–H groups in total. The van der Waals surface area contributed by atoms with E-state index in [-0.39, 0.29) is 10.8 Å². The topological polar surface area (TPSA) is 19.6 Å². The van der Waals surface area contributed by atoms with Gasteiger partial charge in [-0.15, -0.1) is 0 Å². The smallest absolute Gasteiger partial charge is 0.136 e. The monoisotopic (exact) mass is 1120 g/mol. The van der Waals surface area contributed by atoms with Crippen molar-refractivity contribution in [3.05, 3.63) is 302 Å². The largest absolute Gasteiger partial charge is 0.456 e. The van der Waals surface area contributed by atoms with Crippen LogP contribution in [0.15, 0.2) is 296 Å². The second-order valence-electron chi connectivity index (χ2n) is 25.3. The summed E-state index contributed by atoms with van der Waals surface area (Å²) in [6.07, 6.45) is 0. The van der Waals surface area contributed by atoms with Crippen molar-refractivity contribution < 1.29 is 4.42 Å². The van der Waals surface area contributed by atoms with E-state index in [0.717, 1.165) is 66.2 Å². The van der Waals surface area contributed by atoms with Crippen LogP contribution in [0.2, 0.25) is 0 Å². The van der Waals surface area contributed by atoms with Gasteiger partial charge in [0.15, 0.2) is 0 Å². The molecule has 3 nitrogen and oxygen atoms in total. The zero-order valence-corrected chi connectivity index (χ0v) is 50.0. The standard InChI is InChI=1S/C84H66N2O/c1-83(2,3)77-35-19-33-73(57-21-9-7-10-22-57)81(77)85(65-43-37-59(38-44-65)71-31-17-27-55-25-13-15-29-69(55)71)67-47-41-61-51-75-76-52-62-42-48-68(50-64(62)54-80(76)87-79(75)53-63(61)49-67)86(82-74(58-23-11-8-12-24-58)34-20-36-78(82)84(4,5)6)66-45-39-60(40-46-66)72-32-18-28-56-26-14-16-30-70(56)72/h7-54H,1-6H3. The van der Waals surface area contributed by atoms with Gasteiger partial charge in [-0.1, -0.05) is 260 Å². The maximum absolute atomic E-state index is 7.03. The number of furan rings is 1. The van der Waals surface area contributed by atoms with Crippen molar-refractivity contribution in [1.29, 1.82) is 0 Å². The molecule has 1 heterocycles. The fraction of sp³-hybridized carbons (Fsp3) is 0.0952. The molecular weight excluding hydrogens is 1050 g/mol. The molecule has 14 aromatic carbocycles. The van der Waals surface area contributed by atoms with Gasteiger partial charge in [0.2, 0.25) is 0 Å². The van der Waals surface area contributed by atoms with Gasteiger partial charge in [-0.25, -0.2) is 0 Å². The molecule has 0 aliphatic rings. The van der Waals surface area contributed by atoms with E-state index in [2.05, 4.69) is 343 Å². The van der Waals surface area contributed by atoms with Crippen LogP contribution in [-0.2, 0) is 10.8 Å². The number of para-hydroxylation sites is 2. The van der Waals surface area contributed by atoms with Crippen molar-refractivity contribution in [2.45, 2.75) is 52.4 Å². The average Bonchev–Trinajstić information content (AvgIpc) is 2.22. The SMILES string of the molecule is CC(C)(C)c1cccc(-c2ccccc2)c1N(c1ccc(-c2cccc3ccccc23)cc1)c1ccc2cc3c(cc2c1)oc1cc2cc(N(c4ccc(-c5cccc6ccccc56)cc4)c4c(-c5ccccc5)cccc4C(C)(C)C)ccc2cc13. The molecule has 0 bridgehead atoms. The Morgan fingerprint density at radius 2 is 0.586 bits per heavy atom. The number of benzene rings is 14. The van der Waals surface area contributed by atoms with Gasteiger partial charge < -0.3 is 14.2 Å². The first-order chi connectivity index (χ1) is 42.4. The van der Waals surface area contributed by atoms with Gasteiger partial charge in [0.1, 0.15) is 11.2 Å². The van der Waals surface area contributed by atoms with Crippen molar-refractivity contribution in [3.8, 4) is 44.5 Å². The van der Waals surface area contributed by atoms with Gasteiger partial charge >= 0.3 is 0 Å². The van der Waals surface area contributed by atoms with Crippen LogP contribution >= 0.6 is 0 Å². The van der Waals surface area contributed by atoms with Crippen molar-refractivity contribution >= 4 is 99.2 Å². The van der Waals surface area contributed by atoms with Crippen LogP contribution in [0.1, 0.15) is 52.7 Å². The number of hydrogen-bond acceptors (Lipinski definition) is 3. The summed E-state index contributed by atoms with van der Waals surface area (Å²) in [6, 6.07) is 107. The minimum absolute atomic E-state index is 0.173. The predicted octanol–water partition coefficient (Wildman–Crippen LogP) is 24.4. The highest BCUT2D eigenvalue weighted by Crippen LogP contribution is 2.50. The molecular formula is C84H66N2O. The molecule has 15 rings (SSSR count). The van der Waals surface area contributed by atoms with Crippen LogP contribution in [0.4, 0.5) is 34.1 Å². The molecule has 0 unspecified atom stereocenters. The molecule has 0 radical (unpaired) electrons. The third-order valence-corrected chi connectivity index (χ3v) is 17.6. The second kappa shape index (κ2) is 21.2. The summed E-state index contributed by atoms with van der Waals surface area (Å²) in [7, 11) is 0. The molecule has 1 aromatic heterocycles. The molecule has 0 fully saturated rings. The number of anilines is 6. The van der Waals surface area contributed by atoms with E-state index in [1.54, 1.807) is 0 Å². The highest BCUT2D eigenvalue weighted by Gasteiger charge is 2.29. The summed E-state index contributed by atoms with van der Waals surface area (Å²) in [5, 5.41) is 11.7. The number of fused-ring (bicyclic) bond motifs is 7. The van der Waals surface area contributed by atoms with Crippen LogP contribution in [0, 0.1) is 0 Å². The van der Waals surface area contributed by atoms with Gasteiger partial charge in [-0.05, 0) is 171 Å². The molecule has 0 spiro atoms. The summed E-state index contributed by atoms with van der Waals surface area (Å²) in [5.41, 5.74) is 20.0. The van der Waals surface area contributed by atoms with Crippen LogP contribution < -0.4 is 9.80 Å². The van der Waals surface area contributed by atoms with Gasteiger partial charge in [0, 0.05) is 44.6 Å². The Hall–Kier alpha value is -10.5. The number of nitrogens with zero attached hydrogens (tertiary/aromatic N) is 2. The van der Waals surface area contributed by atoms with Crippen LogP contribution in [-0.4, -0.2) is 0 Å². The predicted molar refractivity (Wildman–Crippen MR) is 372 cm³/mol. The zero-order chi connectivity index (χ0) is 59.0. The first-order valence-electron chi connectivity index (χ1n) is 30.4. The molecule has 418 valence electrons. The fourth-order valence-electron chi connectivity index (χ4n) is 13.3. The number of hydrogen-bond donors (Lipinski definition) is 0. The van der Waals surface area contributed by atoms with E-state index in [4.69, 9.17) is 4.42 Å². The van der Waals surface area contributed by atoms with Crippen molar-refractivity contribution in [3.63, 3.8) is 0 Å². The van der Waals surface area contributed by atoms with Gasteiger partial charge in [0.05, 0.1) is 11.4 Å². The van der Waals surface area contributed by atoms with Gasteiger partial charge in [-0.2, -0.15) is 0 Å². The minimum Gasteiger partial charge on any atom is -0.456 e. The Kier molecular flexibility index (Phi) is 13.0. The van der Waals surface area contributed by atoms with E-state index in [1.807, 2.05) is 0 Å². The molecule has 87 heavy (non-hydrogen) atoms. The van der Waals surface area contributed by atoms with E-state index in [1.165, 1.54) is 88.6 Å². The lowest BCUT2D eigenvalue weighted by Crippen LogP contribution is -2.20. The first-order valence-corrected chi connectivity index (χ1v) is 30.4. The van der Waals surface area contributed by atoms with Crippen molar-refractivity contribution in [2.75, 3.05) is 9.80 Å². The molecule has 0 saturated carbocycles. The summed E-state index contributed by atoms with van der Waals surface area (Å²) >= 11 is 0. The highest BCUT2D eigenvalue weighted by atomic mass is 16.3. The molecule has 3 heteroatoms. The number of rotatable bonds is 10. The van der Waals surface area contributed by atoms with Crippen molar-refractivity contribution in [2.24, 2.45) is 0 Å². The lowest BCUT2D eigenvalue weighted by Gasteiger charge is -2.34. The van der Waals surface area contributed by atoms with E-state index in [0.29, 0.717) is 0 Å². The Morgan fingerprint density at radius 3 is 1.00 bits per heavy atom. The lowest BCUT2D eigenvalue weighted by molar-refractivity contribution is 0.591.